The Kier molecular flexibility index (Phi) is 4.13. The SMILES string of the molecule is CC(C)(C)CC(CO)C(C)(C)C(N)=O. The van der Waals surface area contributed by atoms with Crippen LogP contribution in [-0.2, 0) is 4.79 Å². The molecule has 0 aromatic heterocycles. The third kappa shape index (κ3) is 3.66. The van der Waals surface area contributed by atoms with E-state index in [1.54, 1.807) is 13.8 Å². The monoisotopic (exact) mass is 201 g/mol. The highest BCUT2D eigenvalue weighted by molar-refractivity contribution is 5.80. The van der Waals surface area contributed by atoms with Gasteiger partial charge in [0, 0.05) is 12.0 Å². The summed E-state index contributed by atoms with van der Waals surface area (Å²) >= 11 is 0. The molecule has 1 unspecified atom stereocenters. The zero-order valence-corrected chi connectivity index (χ0v) is 9.92. The summed E-state index contributed by atoms with van der Waals surface area (Å²) in [6.45, 7) is 9.86. The van der Waals surface area contributed by atoms with E-state index in [0.29, 0.717) is 0 Å². The molecule has 1 amide bonds. The molecule has 0 aliphatic heterocycles. The van der Waals surface area contributed by atoms with Crippen molar-refractivity contribution >= 4 is 5.91 Å². The first kappa shape index (κ1) is 13.4. The van der Waals surface area contributed by atoms with Gasteiger partial charge >= 0.3 is 0 Å². The van der Waals surface area contributed by atoms with Crippen LogP contribution in [0.4, 0.5) is 0 Å². The standard InChI is InChI=1S/C11H23NO2/c1-10(2,3)6-8(7-13)11(4,5)9(12)14/h8,13H,6-7H2,1-5H3,(H2,12,14). The van der Waals surface area contributed by atoms with E-state index in [4.69, 9.17) is 5.73 Å². The van der Waals surface area contributed by atoms with Crippen molar-refractivity contribution < 1.29 is 9.90 Å². The third-order valence-electron chi connectivity index (χ3n) is 2.73. The predicted octanol–water partition coefficient (Wildman–Crippen LogP) is 1.54. The van der Waals surface area contributed by atoms with Gasteiger partial charge in [-0.1, -0.05) is 34.6 Å². The van der Waals surface area contributed by atoms with Gasteiger partial charge in [-0.2, -0.15) is 0 Å². The van der Waals surface area contributed by atoms with E-state index in [-0.39, 0.29) is 23.8 Å². The molecule has 14 heavy (non-hydrogen) atoms. The molecular weight excluding hydrogens is 178 g/mol. The first-order chi connectivity index (χ1) is 6.11. The van der Waals surface area contributed by atoms with Crippen molar-refractivity contribution in [3.8, 4) is 0 Å². The summed E-state index contributed by atoms with van der Waals surface area (Å²) in [7, 11) is 0. The van der Waals surface area contributed by atoms with E-state index in [0.717, 1.165) is 6.42 Å². The van der Waals surface area contributed by atoms with E-state index in [9.17, 15) is 9.90 Å². The van der Waals surface area contributed by atoms with Crippen LogP contribution in [0, 0.1) is 16.7 Å². The maximum absolute atomic E-state index is 11.2. The molecule has 1 atom stereocenters. The van der Waals surface area contributed by atoms with Gasteiger partial charge in [0.1, 0.15) is 0 Å². The van der Waals surface area contributed by atoms with Crippen LogP contribution in [0.3, 0.4) is 0 Å². The lowest BCUT2D eigenvalue weighted by Crippen LogP contribution is -2.41. The molecule has 3 heteroatoms. The Morgan fingerprint density at radius 1 is 1.29 bits per heavy atom. The minimum Gasteiger partial charge on any atom is -0.396 e. The van der Waals surface area contributed by atoms with E-state index >= 15 is 0 Å². The van der Waals surface area contributed by atoms with Gasteiger partial charge in [0.15, 0.2) is 0 Å². The summed E-state index contributed by atoms with van der Waals surface area (Å²) in [6.07, 6.45) is 0.791. The van der Waals surface area contributed by atoms with Gasteiger partial charge < -0.3 is 10.8 Å². The van der Waals surface area contributed by atoms with E-state index in [1.165, 1.54) is 0 Å². The average Bonchev–Trinajstić information content (AvgIpc) is 1.97. The number of carbonyl (C=O) groups is 1. The smallest absolute Gasteiger partial charge is 0.223 e. The fourth-order valence-electron chi connectivity index (χ4n) is 1.49. The highest BCUT2D eigenvalue weighted by atomic mass is 16.3. The summed E-state index contributed by atoms with van der Waals surface area (Å²) in [5.41, 5.74) is 4.78. The third-order valence-corrected chi connectivity index (χ3v) is 2.73. The molecule has 0 aliphatic rings. The van der Waals surface area contributed by atoms with Crippen LogP contribution in [0.25, 0.3) is 0 Å². The average molecular weight is 201 g/mol. The van der Waals surface area contributed by atoms with Crippen molar-refractivity contribution in [3.05, 3.63) is 0 Å². The molecule has 84 valence electrons. The molecule has 0 saturated heterocycles. The van der Waals surface area contributed by atoms with Crippen LogP contribution < -0.4 is 5.73 Å². The normalized spacial score (nSPS) is 15.3. The van der Waals surface area contributed by atoms with Crippen molar-refractivity contribution in [2.24, 2.45) is 22.5 Å². The van der Waals surface area contributed by atoms with Gasteiger partial charge in [-0.05, 0) is 17.8 Å². The summed E-state index contributed by atoms with van der Waals surface area (Å²) < 4.78 is 0. The Labute approximate surface area is 86.7 Å². The summed E-state index contributed by atoms with van der Waals surface area (Å²) in [4.78, 5) is 11.2. The zero-order valence-electron chi connectivity index (χ0n) is 9.92. The van der Waals surface area contributed by atoms with E-state index in [1.807, 2.05) is 0 Å². The second-order valence-corrected chi connectivity index (χ2v) is 5.73. The van der Waals surface area contributed by atoms with Crippen molar-refractivity contribution in [3.63, 3.8) is 0 Å². The predicted molar refractivity (Wildman–Crippen MR) is 57.6 cm³/mol. The molecule has 0 rings (SSSR count). The Bertz CT molecular complexity index is 204. The molecule has 3 nitrogen and oxygen atoms in total. The van der Waals surface area contributed by atoms with E-state index in [2.05, 4.69) is 20.8 Å². The number of hydrogen-bond acceptors (Lipinski definition) is 2. The number of aliphatic hydroxyl groups excluding tert-OH is 1. The van der Waals surface area contributed by atoms with Crippen LogP contribution in [-0.4, -0.2) is 17.6 Å². The maximum Gasteiger partial charge on any atom is 0.223 e. The molecule has 0 aliphatic carbocycles. The summed E-state index contributed by atoms with van der Waals surface area (Å²) in [5, 5.41) is 9.27. The molecule has 0 aromatic carbocycles. The van der Waals surface area contributed by atoms with Crippen LogP contribution >= 0.6 is 0 Å². The lowest BCUT2D eigenvalue weighted by atomic mass is 9.71. The molecule has 0 saturated carbocycles. The number of carbonyl (C=O) groups excluding carboxylic acids is 1. The fraction of sp³-hybridized carbons (Fsp3) is 0.909. The van der Waals surface area contributed by atoms with Gasteiger partial charge in [0.25, 0.3) is 0 Å². The van der Waals surface area contributed by atoms with Crippen LogP contribution in [0.15, 0.2) is 0 Å². The minimum absolute atomic E-state index is 0.00715. The van der Waals surface area contributed by atoms with Crippen LogP contribution in [0.5, 0.6) is 0 Å². The van der Waals surface area contributed by atoms with Crippen molar-refractivity contribution in [2.75, 3.05) is 6.61 Å². The van der Waals surface area contributed by atoms with Gasteiger partial charge in [0.2, 0.25) is 5.91 Å². The second kappa shape index (κ2) is 4.30. The summed E-state index contributed by atoms with van der Waals surface area (Å²) in [6, 6.07) is 0. The van der Waals surface area contributed by atoms with Gasteiger partial charge in [0.05, 0.1) is 0 Å². The number of nitrogens with two attached hydrogens (primary N) is 1. The topological polar surface area (TPSA) is 63.3 Å². The van der Waals surface area contributed by atoms with E-state index < -0.39 is 5.41 Å². The molecular formula is C11H23NO2. The van der Waals surface area contributed by atoms with Gasteiger partial charge in [-0.25, -0.2) is 0 Å². The van der Waals surface area contributed by atoms with Gasteiger partial charge in [-0.15, -0.1) is 0 Å². The van der Waals surface area contributed by atoms with Crippen molar-refractivity contribution in [1.29, 1.82) is 0 Å². The molecule has 0 fully saturated rings. The number of aliphatic hydroxyl groups is 1. The largest absolute Gasteiger partial charge is 0.396 e. The molecule has 0 spiro atoms. The first-order valence-electron chi connectivity index (χ1n) is 5.02. The molecule has 0 radical (unpaired) electrons. The fourth-order valence-corrected chi connectivity index (χ4v) is 1.49. The first-order valence-corrected chi connectivity index (χ1v) is 5.02. The Morgan fingerprint density at radius 2 is 1.71 bits per heavy atom. The Hall–Kier alpha value is -0.570. The van der Waals surface area contributed by atoms with Crippen LogP contribution in [0.2, 0.25) is 0 Å². The second-order valence-electron chi connectivity index (χ2n) is 5.73. The quantitative estimate of drug-likeness (QED) is 0.724. The molecule has 0 bridgehead atoms. The lowest BCUT2D eigenvalue weighted by Gasteiger charge is -2.34. The molecule has 0 heterocycles. The zero-order chi connectivity index (χ0) is 11.6. The summed E-state index contributed by atoms with van der Waals surface area (Å²) in [5.74, 6) is -0.416. The van der Waals surface area contributed by atoms with Crippen molar-refractivity contribution in [1.82, 2.24) is 0 Å². The number of amides is 1. The molecule has 0 aromatic rings. The maximum atomic E-state index is 11.2. The van der Waals surface area contributed by atoms with Gasteiger partial charge in [-0.3, -0.25) is 4.79 Å². The van der Waals surface area contributed by atoms with Crippen molar-refractivity contribution in [2.45, 2.75) is 41.0 Å². The molecule has 3 N–H and O–H groups in total. The number of primary amides is 1. The Balaban J connectivity index is 4.65. The lowest BCUT2D eigenvalue weighted by molar-refractivity contribution is -0.130. The highest BCUT2D eigenvalue weighted by Crippen LogP contribution is 2.35. The highest BCUT2D eigenvalue weighted by Gasteiger charge is 2.36. The Morgan fingerprint density at radius 3 is 1.93 bits per heavy atom. The minimum atomic E-state index is -0.637. The van der Waals surface area contributed by atoms with Crippen LogP contribution in [0.1, 0.15) is 41.0 Å². The number of hydrogen-bond donors (Lipinski definition) is 2. The number of rotatable bonds is 4.